The maximum absolute atomic E-state index is 5.72. The Bertz CT molecular complexity index is 307. The highest BCUT2D eigenvalue weighted by atomic mass is 16.5. The Morgan fingerprint density at radius 2 is 1.93 bits per heavy atom. The molecule has 15 heavy (non-hydrogen) atoms. The number of aryl methyl sites for hydroxylation is 2. The van der Waals surface area contributed by atoms with Gasteiger partial charge in [0.25, 0.3) is 0 Å². The fourth-order valence-corrected chi connectivity index (χ4v) is 1.52. The first-order valence-corrected chi connectivity index (χ1v) is 5.44. The molecule has 2 heteroatoms. The molecule has 0 saturated heterocycles. The molecule has 0 spiro atoms. The number of benzene rings is 1. The van der Waals surface area contributed by atoms with Crippen LogP contribution in [0.5, 0.6) is 5.75 Å². The second-order valence-electron chi connectivity index (χ2n) is 4.27. The van der Waals surface area contributed by atoms with Gasteiger partial charge in [0.1, 0.15) is 5.75 Å². The van der Waals surface area contributed by atoms with Crippen LogP contribution in [0.2, 0.25) is 0 Å². The van der Waals surface area contributed by atoms with Crippen molar-refractivity contribution in [1.82, 2.24) is 4.90 Å². The summed E-state index contributed by atoms with van der Waals surface area (Å²) in [5, 5.41) is 0. The van der Waals surface area contributed by atoms with Gasteiger partial charge in [-0.15, -0.1) is 0 Å². The van der Waals surface area contributed by atoms with E-state index in [0.29, 0.717) is 0 Å². The van der Waals surface area contributed by atoms with Crippen molar-refractivity contribution in [2.24, 2.45) is 0 Å². The van der Waals surface area contributed by atoms with Crippen molar-refractivity contribution in [3.8, 4) is 5.75 Å². The van der Waals surface area contributed by atoms with Gasteiger partial charge in [-0.3, -0.25) is 0 Å². The van der Waals surface area contributed by atoms with Crippen molar-refractivity contribution in [3.63, 3.8) is 0 Å². The highest BCUT2D eigenvalue weighted by Gasteiger charge is 1.99. The van der Waals surface area contributed by atoms with Gasteiger partial charge in [0.15, 0.2) is 0 Å². The van der Waals surface area contributed by atoms with Gasteiger partial charge in [-0.05, 0) is 46.0 Å². The van der Waals surface area contributed by atoms with Gasteiger partial charge in [-0.25, -0.2) is 0 Å². The zero-order valence-electron chi connectivity index (χ0n) is 10.2. The first kappa shape index (κ1) is 12.1. The summed E-state index contributed by atoms with van der Waals surface area (Å²) >= 11 is 0. The lowest BCUT2D eigenvalue weighted by atomic mass is 10.1. The third kappa shape index (κ3) is 4.34. The molecule has 2 nitrogen and oxygen atoms in total. The Kier molecular flexibility index (Phi) is 4.63. The minimum absolute atomic E-state index is 0.794. The lowest BCUT2D eigenvalue weighted by Gasteiger charge is -2.12. The Morgan fingerprint density at radius 3 is 2.53 bits per heavy atom. The Balaban J connectivity index is 2.37. The summed E-state index contributed by atoms with van der Waals surface area (Å²) in [5.74, 6) is 1.01. The highest BCUT2D eigenvalue weighted by molar-refractivity contribution is 5.35. The number of hydrogen-bond donors (Lipinski definition) is 0. The summed E-state index contributed by atoms with van der Waals surface area (Å²) in [6.07, 6.45) is 1.07. The van der Waals surface area contributed by atoms with E-state index in [4.69, 9.17) is 4.74 Å². The van der Waals surface area contributed by atoms with Gasteiger partial charge in [0.2, 0.25) is 0 Å². The fraction of sp³-hybridized carbons (Fsp3) is 0.538. The van der Waals surface area contributed by atoms with E-state index < -0.39 is 0 Å². The molecule has 84 valence electrons. The number of nitrogens with zero attached hydrogens (tertiary/aromatic N) is 1. The van der Waals surface area contributed by atoms with Crippen LogP contribution in [-0.4, -0.2) is 32.1 Å². The molecule has 1 aromatic rings. The predicted octanol–water partition coefficient (Wildman–Crippen LogP) is 2.63. The van der Waals surface area contributed by atoms with E-state index in [2.05, 4.69) is 51.0 Å². The lowest BCUT2D eigenvalue weighted by Crippen LogP contribution is -2.15. The first-order chi connectivity index (χ1) is 7.09. The molecule has 0 saturated carbocycles. The second kappa shape index (κ2) is 5.76. The standard InChI is InChI=1S/C13H21NO/c1-11-6-7-13(12(2)10-11)15-9-5-8-14(3)4/h6-7,10H,5,8-9H2,1-4H3. The van der Waals surface area contributed by atoms with Crippen LogP contribution in [-0.2, 0) is 0 Å². The molecule has 0 heterocycles. The molecule has 0 radical (unpaired) electrons. The third-order valence-corrected chi connectivity index (χ3v) is 2.34. The minimum atomic E-state index is 0.794. The van der Waals surface area contributed by atoms with Crippen LogP contribution in [0.4, 0.5) is 0 Å². The van der Waals surface area contributed by atoms with Crippen molar-refractivity contribution in [2.45, 2.75) is 20.3 Å². The zero-order valence-corrected chi connectivity index (χ0v) is 10.2. The molecule has 0 fully saturated rings. The topological polar surface area (TPSA) is 12.5 Å². The lowest BCUT2D eigenvalue weighted by molar-refractivity contribution is 0.280. The van der Waals surface area contributed by atoms with E-state index in [1.54, 1.807) is 0 Å². The Hall–Kier alpha value is -1.02. The smallest absolute Gasteiger partial charge is 0.122 e. The van der Waals surface area contributed by atoms with Crippen molar-refractivity contribution in [1.29, 1.82) is 0 Å². The van der Waals surface area contributed by atoms with E-state index in [1.165, 1.54) is 11.1 Å². The summed E-state index contributed by atoms with van der Waals surface area (Å²) in [7, 11) is 4.16. The monoisotopic (exact) mass is 207 g/mol. The Morgan fingerprint density at radius 1 is 1.20 bits per heavy atom. The van der Waals surface area contributed by atoms with Crippen LogP contribution in [0.25, 0.3) is 0 Å². The molecule has 0 N–H and O–H groups in total. The molecule has 0 aromatic heterocycles. The van der Waals surface area contributed by atoms with Crippen molar-refractivity contribution < 1.29 is 4.74 Å². The van der Waals surface area contributed by atoms with Gasteiger partial charge in [0.05, 0.1) is 6.61 Å². The summed E-state index contributed by atoms with van der Waals surface area (Å²) in [5.41, 5.74) is 2.51. The van der Waals surface area contributed by atoms with E-state index in [-0.39, 0.29) is 0 Å². The fourth-order valence-electron chi connectivity index (χ4n) is 1.52. The van der Waals surface area contributed by atoms with E-state index in [0.717, 1.165) is 25.3 Å². The molecule has 0 amide bonds. The van der Waals surface area contributed by atoms with Gasteiger partial charge in [-0.1, -0.05) is 17.7 Å². The molecule has 0 aliphatic heterocycles. The number of hydrogen-bond acceptors (Lipinski definition) is 2. The van der Waals surface area contributed by atoms with Gasteiger partial charge < -0.3 is 9.64 Å². The van der Waals surface area contributed by atoms with Crippen LogP contribution in [0, 0.1) is 13.8 Å². The molecular formula is C13H21NO. The SMILES string of the molecule is Cc1ccc(OCCCN(C)C)c(C)c1. The van der Waals surface area contributed by atoms with Crippen LogP contribution in [0.15, 0.2) is 18.2 Å². The minimum Gasteiger partial charge on any atom is -0.493 e. The largest absolute Gasteiger partial charge is 0.493 e. The molecular weight excluding hydrogens is 186 g/mol. The highest BCUT2D eigenvalue weighted by Crippen LogP contribution is 2.18. The average Bonchev–Trinajstić information content (AvgIpc) is 2.14. The second-order valence-corrected chi connectivity index (χ2v) is 4.27. The molecule has 0 aliphatic carbocycles. The summed E-state index contributed by atoms with van der Waals surface area (Å²) < 4.78 is 5.72. The zero-order chi connectivity index (χ0) is 11.3. The number of ether oxygens (including phenoxy) is 1. The molecule has 0 atom stereocenters. The number of rotatable bonds is 5. The maximum atomic E-state index is 5.72. The molecule has 1 aromatic carbocycles. The van der Waals surface area contributed by atoms with Crippen LogP contribution in [0.1, 0.15) is 17.5 Å². The third-order valence-electron chi connectivity index (χ3n) is 2.34. The Labute approximate surface area is 92.9 Å². The normalized spacial score (nSPS) is 10.7. The van der Waals surface area contributed by atoms with Crippen molar-refractivity contribution >= 4 is 0 Å². The summed E-state index contributed by atoms with van der Waals surface area (Å²) in [4.78, 5) is 2.17. The van der Waals surface area contributed by atoms with Crippen molar-refractivity contribution in [2.75, 3.05) is 27.2 Å². The predicted molar refractivity (Wildman–Crippen MR) is 64.6 cm³/mol. The summed E-state index contributed by atoms with van der Waals surface area (Å²) in [6.45, 7) is 6.06. The van der Waals surface area contributed by atoms with Gasteiger partial charge >= 0.3 is 0 Å². The molecule has 1 rings (SSSR count). The molecule has 0 aliphatic rings. The van der Waals surface area contributed by atoms with Gasteiger partial charge in [0, 0.05) is 6.54 Å². The van der Waals surface area contributed by atoms with Crippen LogP contribution in [0.3, 0.4) is 0 Å². The van der Waals surface area contributed by atoms with Crippen LogP contribution < -0.4 is 4.74 Å². The van der Waals surface area contributed by atoms with E-state index >= 15 is 0 Å². The van der Waals surface area contributed by atoms with Gasteiger partial charge in [-0.2, -0.15) is 0 Å². The molecule has 0 bridgehead atoms. The quantitative estimate of drug-likeness (QED) is 0.688. The average molecular weight is 207 g/mol. The van der Waals surface area contributed by atoms with E-state index in [9.17, 15) is 0 Å². The first-order valence-electron chi connectivity index (χ1n) is 5.44. The van der Waals surface area contributed by atoms with Crippen LogP contribution >= 0.6 is 0 Å². The maximum Gasteiger partial charge on any atom is 0.122 e. The molecule has 0 unspecified atom stereocenters. The van der Waals surface area contributed by atoms with Crippen molar-refractivity contribution in [3.05, 3.63) is 29.3 Å². The summed E-state index contributed by atoms with van der Waals surface area (Å²) in [6, 6.07) is 6.30. The van der Waals surface area contributed by atoms with E-state index in [1.807, 2.05) is 0 Å².